The maximum atomic E-state index is 8.73. The number of rotatable bonds is 0. The molecule has 0 aromatic heterocycles. The van der Waals surface area contributed by atoms with E-state index in [1.165, 1.54) is 12.8 Å². The van der Waals surface area contributed by atoms with E-state index in [0.29, 0.717) is 0 Å². The molecule has 1 rings (SSSR count). The maximum absolute atomic E-state index is 8.73. The molecule has 0 aromatic carbocycles. The Morgan fingerprint density at radius 3 is 1.86 bits per heavy atom. The van der Waals surface area contributed by atoms with E-state index in [2.05, 4.69) is 0 Å². The van der Waals surface area contributed by atoms with Crippen LogP contribution in [0.4, 0.5) is 0 Å². The van der Waals surface area contributed by atoms with Gasteiger partial charge in [-0.3, -0.25) is 0 Å². The summed E-state index contributed by atoms with van der Waals surface area (Å²) in [5, 5.41) is 8.73. The van der Waals surface area contributed by atoms with Crippen molar-refractivity contribution in [2.75, 3.05) is 0 Å². The molecule has 0 heterocycles. The normalized spacial score (nSPS) is 21.9. The summed E-state index contributed by atoms with van der Waals surface area (Å²) < 4.78 is 0. The fraction of sp³-hybridized carbons (Fsp3) is 1.00. The number of aliphatic hydroxyl groups excluding tert-OH is 1. The van der Waals surface area contributed by atoms with Gasteiger partial charge in [0, 0.05) is 0 Å². The van der Waals surface area contributed by atoms with Gasteiger partial charge in [-0.1, -0.05) is 12.8 Å². The SMILES string of the molecule is OC1CCCC1.[H-].[Na+]. The van der Waals surface area contributed by atoms with Crippen molar-refractivity contribution in [2.45, 2.75) is 31.8 Å². The molecule has 38 valence electrons. The summed E-state index contributed by atoms with van der Waals surface area (Å²) in [4.78, 5) is 0. The molecule has 0 unspecified atom stereocenters. The van der Waals surface area contributed by atoms with Crippen molar-refractivity contribution in [3.63, 3.8) is 0 Å². The van der Waals surface area contributed by atoms with Gasteiger partial charge in [0.25, 0.3) is 0 Å². The van der Waals surface area contributed by atoms with Crippen LogP contribution in [0.5, 0.6) is 0 Å². The van der Waals surface area contributed by atoms with E-state index in [1.807, 2.05) is 0 Å². The van der Waals surface area contributed by atoms with Crippen molar-refractivity contribution in [1.82, 2.24) is 0 Å². The van der Waals surface area contributed by atoms with Gasteiger partial charge < -0.3 is 6.53 Å². The Bertz CT molecular complexity index is 45.7. The summed E-state index contributed by atoms with van der Waals surface area (Å²) in [6, 6.07) is 0. The first-order valence-corrected chi connectivity index (χ1v) is 2.57. The molecule has 1 aliphatic carbocycles. The summed E-state index contributed by atoms with van der Waals surface area (Å²) in [5.74, 6) is 0. The zero-order valence-corrected chi connectivity index (χ0v) is 6.85. The standard InChI is InChI=1S/C5H10O.Na.H/c6-5-3-1-2-4-5;;/h5-6H,1-4H2;;/q;+1;-1. The third kappa shape index (κ3) is 2.70. The van der Waals surface area contributed by atoms with Crippen molar-refractivity contribution in [3.8, 4) is 0 Å². The molecule has 1 N–H and O–H groups in total. The summed E-state index contributed by atoms with van der Waals surface area (Å²) >= 11 is 0. The van der Waals surface area contributed by atoms with Crippen LogP contribution in [-0.4, -0.2) is 11.2 Å². The van der Waals surface area contributed by atoms with Crippen molar-refractivity contribution in [3.05, 3.63) is 0 Å². The molecular weight excluding hydrogens is 99.0 g/mol. The predicted molar refractivity (Wildman–Crippen MR) is 25.6 cm³/mol. The number of hydrogen-bond acceptors (Lipinski definition) is 1. The van der Waals surface area contributed by atoms with E-state index in [9.17, 15) is 0 Å². The molecule has 1 fully saturated rings. The quantitative estimate of drug-likeness (QED) is 0.359. The minimum atomic E-state index is 0. The van der Waals surface area contributed by atoms with Crippen LogP contribution in [-0.2, 0) is 0 Å². The van der Waals surface area contributed by atoms with Gasteiger partial charge in [-0.05, 0) is 12.8 Å². The molecular formula is C5H11NaO. The Balaban J connectivity index is 0. The Kier molecular flexibility index (Phi) is 4.44. The zero-order valence-electron chi connectivity index (χ0n) is 5.85. The average Bonchev–Trinajstić information content (AvgIpc) is 1.86. The Morgan fingerprint density at radius 1 is 1.29 bits per heavy atom. The van der Waals surface area contributed by atoms with Crippen molar-refractivity contribution in [1.29, 1.82) is 0 Å². The summed E-state index contributed by atoms with van der Waals surface area (Å²) in [6.07, 6.45) is 4.60. The van der Waals surface area contributed by atoms with Crippen LogP contribution in [0.1, 0.15) is 27.1 Å². The summed E-state index contributed by atoms with van der Waals surface area (Å²) in [6.45, 7) is 0. The maximum Gasteiger partial charge on any atom is 1.00 e. The smallest absolute Gasteiger partial charge is 1.00 e. The first-order valence-electron chi connectivity index (χ1n) is 2.57. The monoisotopic (exact) mass is 110 g/mol. The molecule has 1 saturated carbocycles. The molecule has 0 atom stereocenters. The van der Waals surface area contributed by atoms with Gasteiger partial charge in [-0.15, -0.1) is 0 Å². The van der Waals surface area contributed by atoms with E-state index in [1.54, 1.807) is 0 Å². The third-order valence-corrected chi connectivity index (χ3v) is 1.32. The first-order chi connectivity index (χ1) is 2.89. The Morgan fingerprint density at radius 2 is 1.71 bits per heavy atom. The van der Waals surface area contributed by atoms with Crippen molar-refractivity contribution < 1.29 is 36.1 Å². The predicted octanol–water partition coefficient (Wildman–Crippen LogP) is -1.96. The van der Waals surface area contributed by atoms with Crippen LogP contribution < -0.4 is 29.6 Å². The zero-order chi connectivity index (χ0) is 4.41. The molecule has 1 aliphatic rings. The van der Waals surface area contributed by atoms with E-state index in [-0.39, 0.29) is 37.1 Å². The molecule has 0 bridgehead atoms. The molecule has 0 saturated heterocycles. The molecule has 0 aliphatic heterocycles. The van der Waals surface area contributed by atoms with Crippen LogP contribution in [0.25, 0.3) is 0 Å². The van der Waals surface area contributed by atoms with Crippen LogP contribution in [0, 0.1) is 0 Å². The Labute approximate surface area is 67.9 Å². The topological polar surface area (TPSA) is 20.2 Å². The molecule has 0 amide bonds. The van der Waals surface area contributed by atoms with Gasteiger partial charge in [-0.2, -0.15) is 0 Å². The van der Waals surface area contributed by atoms with Crippen LogP contribution >= 0.6 is 0 Å². The second-order valence-corrected chi connectivity index (χ2v) is 1.94. The molecule has 0 spiro atoms. The molecule has 0 aromatic rings. The summed E-state index contributed by atoms with van der Waals surface area (Å²) in [7, 11) is 0. The van der Waals surface area contributed by atoms with Gasteiger partial charge in [0.2, 0.25) is 0 Å². The van der Waals surface area contributed by atoms with E-state index in [4.69, 9.17) is 5.11 Å². The van der Waals surface area contributed by atoms with Gasteiger partial charge in [0.05, 0.1) is 6.10 Å². The molecule has 1 nitrogen and oxygen atoms in total. The second kappa shape index (κ2) is 3.90. The second-order valence-electron chi connectivity index (χ2n) is 1.94. The van der Waals surface area contributed by atoms with Crippen molar-refractivity contribution in [2.24, 2.45) is 0 Å². The fourth-order valence-electron chi connectivity index (χ4n) is 0.904. The number of aliphatic hydroxyl groups is 1. The third-order valence-electron chi connectivity index (χ3n) is 1.32. The van der Waals surface area contributed by atoms with Gasteiger partial charge in [0.15, 0.2) is 0 Å². The minimum absolute atomic E-state index is 0. The molecule has 7 heavy (non-hydrogen) atoms. The van der Waals surface area contributed by atoms with Gasteiger partial charge in [-0.25, -0.2) is 0 Å². The van der Waals surface area contributed by atoms with E-state index < -0.39 is 0 Å². The molecule has 2 heteroatoms. The fourth-order valence-corrected chi connectivity index (χ4v) is 0.904. The van der Waals surface area contributed by atoms with Gasteiger partial charge in [0.1, 0.15) is 0 Å². The first kappa shape index (κ1) is 7.96. The van der Waals surface area contributed by atoms with E-state index >= 15 is 0 Å². The van der Waals surface area contributed by atoms with Crippen LogP contribution in [0.2, 0.25) is 0 Å². The average molecular weight is 110 g/mol. The van der Waals surface area contributed by atoms with E-state index in [0.717, 1.165) is 12.8 Å². The largest absolute Gasteiger partial charge is 1.00 e. The number of hydrogen-bond donors (Lipinski definition) is 1. The van der Waals surface area contributed by atoms with Gasteiger partial charge >= 0.3 is 29.6 Å². The molecule has 0 radical (unpaired) electrons. The van der Waals surface area contributed by atoms with Crippen LogP contribution in [0.3, 0.4) is 0 Å². The summed E-state index contributed by atoms with van der Waals surface area (Å²) in [5.41, 5.74) is 0. The van der Waals surface area contributed by atoms with Crippen LogP contribution in [0.15, 0.2) is 0 Å². The minimum Gasteiger partial charge on any atom is -1.00 e. The Hall–Kier alpha value is 0.960. The van der Waals surface area contributed by atoms with Crippen molar-refractivity contribution >= 4 is 0 Å².